The van der Waals surface area contributed by atoms with Crippen molar-refractivity contribution in [2.24, 2.45) is 0 Å². The molecule has 0 atom stereocenters. The highest BCUT2D eigenvalue weighted by Gasteiger charge is 1.94. The van der Waals surface area contributed by atoms with Gasteiger partial charge in [-0.15, -0.1) is 0 Å². The van der Waals surface area contributed by atoms with Crippen molar-refractivity contribution in [3.63, 3.8) is 0 Å². The fourth-order valence-corrected chi connectivity index (χ4v) is 1.09. The molecule has 0 spiro atoms. The molecule has 3 heteroatoms. The minimum absolute atomic E-state index is 1.05. The van der Waals surface area contributed by atoms with E-state index in [4.69, 9.17) is 0 Å². The van der Waals surface area contributed by atoms with Crippen molar-refractivity contribution in [1.29, 1.82) is 0 Å². The average Bonchev–Trinajstić information content (AvgIpc) is 2.56. The van der Waals surface area contributed by atoms with Crippen molar-refractivity contribution in [3.8, 4) is 5.69 Å². The zero-order valence-corrected chi connectivity index (χ0v) is 6.81. The standard InChI is InChI=1S/C9H9N3/c1-8-4-9(6-11-5-8)12-3-2-10-7-12/h2-7H,1H3. The third kappa shape index (κ3) is 1.21. The maximum atomic E-state index is 4.09. The first-order valence-electron chi connectivity index (χ1n) is 3.76. The van der Waals surface area contributed by atoms with Gasteiger partial charge in [0, 0.05) is 18.6 Å². The van der Waals surface area contributed by atoms with Gasteiger partial charge in [-0.05, 0) is 18.6 Å². The van der Waals surface area contributed by atoms with Crippen LogP contribution in [-0.2, 0) is 0 Å². The minimum Gasteiger partial charge on any atom is -0.305 e. The lowest BCUT2D eigenvalue weighted by Crippen LogP contribution is -1.91. The van der Waals surface area contributed by atoms with Crippen LogP contribution in [0.2, 0.25) is 0 Å². The van der Waals surface area contributed by atoms with E-state index in [9.17, 15) is 0 Å². The normalized spacial score (nSPS) is 10.1. The number of pyridine rings is 1. The summed E-state index contributed by atoms with van der Waals surface area (Å²) in [7, 11) is 0. The van der Waals surface area contributed by atoms with Gasteiger partial charge in [0.05, 0.1) is 18.2 Å². The summed E-state index contributed by atoms with van der Waals surface area (Å²) in [5.74, 6) is 0. The van der Waals surface area contributed by atoms with Crippen LogP contribution in [-0.4, -0.2) is 14.5 Å². The van der Waals surface area contributed by atoms with Gasteiger partial charge in [-0.1, -0.05) is 0 Å². The van der Waals surface area contributed by atoms with Gasteiger partial charge in [0.2, 0.25) is 0 Å². The Hall–Kier alpha value is -1.64. The number of imidazole rings is 1. The largest absolute Gasteiger partial charge is 0.305 e. The molecular weight excluding hydrogens is 150 g/mol. The van der Waals surface area contributed by atoms with Crippen molar-refractivity contribution in [2.45, 2.75) is 6.92 Å². The second-order valence-electron chi connectivity index (χ2n) is 2.69. The number of hydrogen-bond donors (Lipinski definition) is 0. The van der Waals surface area contributed by atoms with Gasteiger partial charge in [0.25, 0.3) is 0 Å². The van der Waals surface area contributed by atoms with E-state index in [1.807, 2.05) is 30.1 Å². The number of aromatic nitrogens is 3. The smallest absolute Gasteiger partial charge is 0.0992 e. The van der Waals surface area contributed by atoms with Crippen LogP contribution < -0.4 is 0 Å². The molecule has 0 saturated carbocycles. The third-order valence-corrected chi connectivity index (χ3v) is 1.66. The Morgan fingerprint density at radius 3 is 2.83 bits per heavy atom. The maximum absolute atomic E-state index is 4.09. The van der Waals surface area contributed by atoms with Crippen LogP contribution in [0.25, 0.3) is 5.69 Å². The molecule has 0 bridgehead atoms. The average molecular weight is 159 g/mol. The Bertz CT molecular complexity index is 365. The lowest BCUT2D eigenvalue weighted by Gasteiger charge is -2.00. The molecule has 0 saturated heterocycles. The molecule has 12 heavy (non-hydrogen) atoms. The summed E-state index contributed by atoms with van der Waals surface area (Å²) in [5, 5.41) is 0. The van der Waals surface area contributed by atoms with E-state index in [1.165, 1.54) is 0 Å². The van der Waals surface area contributed by atoms with Gasteiger partial charge in [-0.2, -0.15) is 0 Å². The molecular formula is C9H9N3. The molecule has 2 heterocycles. The van der Waals surface area contributed by atoms with E-state index >= 15 is 0 Å². The molecule has 2 aromatic heterocycles. The number of aryl methyl sites for hydroxylation is 1. The molecule has 2 aromatic rings. The molecule has 2 rings (SSSR count). The fourth-order valence-electron chi connectivity index (χ4n) is 1.09. The van der Waals surface area contributed by atoms with E-state index < -0.39 is 0 Å². The van der Waals surface area contributed by atoms with Crippen molar-refractivity contribution in [3.05, 3.63) is 42.7 Å². The summed E-state index contributed by atoms with van der Waals surface area (Å²) in [4.78, 5) is 8.05. The van der Waals surface area contributed by atoms with Crippen LogP contribution in [0.4, 0.5) is 0 Å². The highest BCUT2D eigenvalue weighted by molar-refractivity contribution is 5.31. The number of nitrogens with zero attached hydrogens (tertiary/aromatic N) is 3. The summed E-state index contributed by atoms with van der Waals surface area (Å²) in [6, 6.07) is 2.06. The highest BCUT2D eigenvalue weighted by Crippen LogP contribution is 2.06. The molecule has 0 unspecified atom stereocenters. The van der Waals surface area contributed by atoms with Crippen molar-refractivity contribution in [1.82, 2.24) is 14.5 Å². The highest BCUT2D eigenvalue weighted by atomic mass is 15.0. The topological polar surface area (TPSA) is 30.7 Å². The van der Waals surface area contributed by atoms with E-state index in [-0.39, 0.29) is 0 Å². The van der Waals surface area contributed by atoms with Crippen LogP contribution in [0, 0.1) is 6.92 Å². The van der Waals surface area contributed by atoms with Gasteiger partial charge >= 0.3 is 0 Å². The molecule has 0 radical (unpaired) electrons. The predicted molar refractivity (Wildman–Crippen MR) is 46.1 cm³/mol. The zero-order valence-electron chi connectivity index (χ0n) is 6.81. The molecule has 0 aliphatic carbocycles. The Morgan fingerprint density at radius 1 is 1.25 bits per heavy atom. The molecule has 0 fully saturated rings. The molecule has 60 valence electrons. The Morgan fingerprint density at radius 2 is 2.17 bits per heavy atom. The maximum Gasteiger partial charge on any atom is 0.0992 e. The zero-order chi connectivity index (χ0) is 8.39. The van der Waals surface area contributed by atoms with E-state index in [0.717, 1.165) is 11.3 Å². The molecule has 0 aliphatic heterocycles. The quantitative estimate of drug-likeness (QED) is 0.632. The van der Waals surface area contributed by atoms with E-state index in [0.29, 0.717) is 0 Å². The summed E-state index contributed by atoms with van der Waals surface area (Å²) >= 11 is 0. The molecule has 0 amide bonds. The summed E-state index contributed by atoms with van der Waals surface area (Å²) in [6.07, 6.45) is 9.06. The van der Waals surface area contributed by atoms with Crippen LogP contribution in [0.1, 0.15) is 5.56 Å². The Balaban J connectivity index is 2.48. The molecule has 0 aromatic carbocycles. The van der Waals surface area contributed by atoms with Gasteiger partial charge in [-0.3, -0.25) is 4.98 Å². The number of hydrogen-bond acceptors (Lipinski definition) is 2. The lowest BCUT2D eigenvalue weighted by molar-refractivity contribution is 1.03. The number of rotatable bonds is 1. The van der Waals surface area contributed by atoms with Crippen LogP contribution in [0.3, 0.4) is 0 Å². The molecule has 0 aliphatic rings. The fraction of sp³-hybridized carbons (Fsp3) is 0.111. The Kier molecular flexibility index (Phi) is 1.63. The summed E-state index contributed by atoms with van der Waals surface area (Å²) < 4.78 is 1.93. The van der Waals surface area contributed by atoms with Gasteiger partial charge in [0.1, 0.15) is 0 Å². The van der Waals surface area contributed by atoms with E-state index in [2.05, 4.69) is 16.0 Å². The third-order valence-electron chi connectivity index (χ3n) is 1.66. The Labute approximate surface area is 70.7 Å². The summed E-state index contributed by atoms with van der Waals surface area (Å²) in [5.41, 5.74) is 2.20. The second kappa shape index (κ2) is 2.77. The molecule has 3 nitrogen and oxygen atoms in total. The van der Waals surface area contributed by atoms with Gasteiger partial charge < -0.3 is 4.57 Å². The first kappa shape index (κ1) is 7.03. The van der Waals surface area contributed by atoms with Crippen LogP contribution in [0.5, 0.6) is 0 Å². The second-order valence-corrected chi connectivity index (χ2v) is 2.69. The van der Waals surface area contributed by atoms with Crippen LogP contribution in [0.15, 0.2) is 37.2 Å². The minimum atomic E-state index is 1.05. The van der Waals surface area contributed by atoms with Gasteiger partial charge in [0.15, 0.2) is 0 Å². The summed E-state index contributed by atoms with van der Waals surface area (Å²) in [6.45, 7) is 2.02. The monoisotopic (exact) mass is 159 g/mol. The van der Waals surface area contributed by atoms with Crippen molar-refractivity contribution >= 4 is 0 Å². The van der Waals surface area contributed by atoms with Gasteiger partial charge in [-0.25, -0.2) is 4.98 Å². The molecule has 0 N–H and O–H groups in total. The lowest BCUT2D eigenvalue weighted by atomic mass is 10.3. The SMILES string of the molecule is Cc1cncc(-n2ccnc2)c1. The van der Waals surface area contributed by atoms with Crippen molar-refractivity contribution < 1.29 is 0 Å². The first-order chi connectivity index (χ1) is 5.86. The van der Waals surface area contributed by atoms with Crippen LogP contribution >= 0.6 is 0 Å². The van der Waals surface area contributed by atoms with E-state index in [1.54, 1.807) is 12.5 Å². The van der Waals surface area contributed by atoms with Crippen molar-refractivity contribution in [2.75, 3.05) is 0 Å². The predicted octanol–water partition coefficient (Wildman–Crippen LogP) is 1.58. The first-order valence-corrected chi connectivity index (χ1v) is 3.76.